The van der Waals surface area contributed by atoms with E-state index in [9.17, 15) is 14.4 Å². The Morgan fingerprint density at radius 3 is 2.83 bits per heavy atom. The Bertz CT molecular complexity index is 687. The van der Waals surface area contributed by atoms with Crippen LogP contribution in [-0.2, 0) is 20.9 Å². The third kappa shape index (κ3) is 5.20. The molecule has 0 aliphatic heterocycles. The Morgan fingerprint density at radius 2 is 2.17 bits per heavy atom. The molecule has 0 aliphatic carbocycles. The first-order valence-electron chi connectivity index (χ1n) is 7.02. The number of ether oxygens (including phenoxy) is 1. The van der Waals surface area contributed by atoms with Crippen LogP contribution >= 0.6 is 0 Å². The first kappa shape index (κ1) is 17.1. The average Bonchev–Trinajstić information content (AvgIpc) is 3.11. The van der Waals surface area contributed by atoms with E-state index in [2.05, 4.69) is 15.3 Å². The first-order chi connectivity index (χ1) is 11.6. The standard InChI is InChI=1S/C15H16N4O5/c1-19(9-13(20)18-7-11-3-2-6-23-11)14(21)10-24-15(22)12-8-16-4-5-17-12/h2-6,8H,7,9-10H2,1H3,(H,18,20). The van der Waals surface area contributed by atoms with Crippen LogP contribution in [-0.4, -0.2) is 52.9 Å². The van der Waals surface area contributed by atoms with E-state index in [-0.39, 0.29) is 24.7 Å². The number of aromatic nitrogens is 2. The second-order valence-electron chi connectivity index (χ2n) is 4.77. The fourth-order valence-electron chi connectivity index (χ4n) is 1.67. The van der Waals surface area contributed by atoms with E-state index in [4.69, 9.17) is 9.15 Å². The third-order valence-electron chi connectivity index (χ3n) is 2.95. The van der Waals surface area contributed by atoms with Crippen LogP contribution in [0.2, 0.25) is 0 Å². The molecule has 2 heterocycles. The van der Waals surface area contributed by atoms with E-state index in [0.29, 0.717) is 5.76 Å². The van der Waals surface area contributed by atoms with Crippen LogP contribution in [0.1, 0.15) is 16.2 Å². The summed E-state index contributed by atoms with van der Waals surface area (Å²) in [5.74, 6) is -1.02. The van der Waals surface area contributed by atoms with Crippen LogP contribution in [0.5, 0.6) is 0 Å². The molecule has 0 unspecified atom stereocenters. The molecule has 2 rings (SSSR count). The van der Waals surface area contributed by atoms with Gasteiger partial charge in [-0.25, -0.2) is 9.78 Å². The Morgan fingerprint density at radius 1 is 1.33 bits per heavy atom. The van der Waals surface area contributed by atoms with Gasteiger partial charge in [-0.3, -0.25) is 14.6 Å². The maximum absolute atomic E-state index is 11.9. The van der Waals surface area contributed by atoms with Crippen molar-refractivity contribution in [3.05, 3.63) is 48.4 Å². The fourth-order valence-corrected chi connectivity index (χ4v) is 1.67. The number of nitrogens with zero attached hydrogens (tertiary/aromatic N) is 3. The number of esters is 1. The normalized spacial score (nSPS) is 10.0. The molecule has 126 valence electrons. The molecule has 2 aromatic heterocycles. The quantitative estimate of drug-likeness (QED) is 0.710. The highest BCUT2D eigenvalue weighted by molar-refractivity contribution is 5.90. The zero-order chi connectivity index (χ0) is 17.4. The Balaban J connectivity index is 1.71. The van der Waals surface area contributed by atoms with Crippen LogP contribution in [0, 0.1) is 0 Å². The summed E-state index contributed by atoms with van der Waals surface area (Å²) < 4.78 is 9.91. The predicted octanol–water partition coefficient (Wildman–Crippen LogP) is 0.00120. The highest BCUT2D eigenvalue weighted by Crippen LogP contribution is 1.99. The van der Waals surface area contributed by atoms with Gasteiger partial charge in [-0.1, -0.05) is 0 Å². The molecule has 2 amide bonds. The molecule has 1 N–H and O–H groups in total. The molecule has 9 heteroatoms. The summed E-state index contributed by atoms with van der Waals surface area (Å²) in [4.78, 5) is 43.9. The van der Waals surface area contributed by atoms with Crippen molar-refractivity contribution in [2.24, 2.45) is 0 Å². The highest BCUT2D eigenvalue weighted by Gasteiger charge is 2.16. The predicted molar refractivity (Wildman–Crippen MR) is 80.5 cm³/mol. The van der Waals surface area contributed by atoms with Gasteiger partial charge in [-0.15, -0.1) is 0 Å². The second-order valence-corrected chi connectivity index (χ2v) is 4.77. The lowest BCUT2D eigenvalue weighted by atomic mass is 10.4. The van der Waals surface area contributed by atoms with E-state index < -0.39 is 18.5 Å². The summed E-state index contributed by atoms with van der Waals surface area (Å²) in [6.07, 6.45) is 5.49. The number of carbonyl (C=O) groups excluding carboxylic acids is 3. The summed E-state index contributed by atoms with van der Waals surface area (Å²) in [5.41, 5.74) is 0.00384. The number of carbonyl (C=O) groups is 3. The van der Waals surface area contributed by atoms with Gasteiger partial charge in [0.2, 0.25) is 5.91 Å². The topological polar surface area (TPSA) is 115 Å². The summed E-state index contributed by atoms with van der Waals surface area (Å²) in [6, 6.07) is 3.43. The van der Waals surface area contributed by atoms with E-state index in [0.717, 1.165) is 4.90 Å². The van der Waals surface area contributed by atoms with Crippen molar-refractivity contribution in [3.63, 3.8) is 0 Å². The van der Waals surface area contributed by atoms with E-state index >= 15 is 0 Å². The number of likely N-dealkylation sites (N-methyl/N-ethyl adjacent to an activating group) is 1. The van der Waals surface area contributed by atoms with E-state index in [1.54, 1.807) is 12.1 Å². The smallest absolute Gasteiger partial charge is 0.359 e. The summed E-state index contributed by atoms with van der Waals surface area (Å²) >= 11 is 0. The monoisotopic (exact) mass is 332 g/mol. The second kappa shape index (κ2) is 8.42. The lowest BCUT2D eigenvalue weighted by Crippen LogP contribution is -2.39. The zero-order valence-corrected chi connectivity index (χ0v) is 13.0. The van der Waals surface area contributed by atoms with Crippen molar-refractivity contribution in [2.75, 3.05) is 20.2 Å². The van der Waals surface area contributed by atoms with Crippen molar-refractivity contribution >= 4 is 17.8 Å². The average molecular weight is 332 g/mol. The number of hydrogen-bond acceptors (Lipinski definition) is 7. The maximum Gasteiger partial charge on any atom is 0.359 e. The Labute approximate surface area is 137 Å². The summed E-state index contributed by atoms with van der Waals surface area (Å²) in [7, 11) is 1.44. The van der Waals surface area contributed by atoms with Gasteiger partial charge in [0, 0.05) is 19.4 Å². The SMILES string of the molecule is CN(CC(=O)NCc1ccco1)C(=O)COC(=O)c1cnccn1. The van der Waals surface area contributed by atoms with Gasteiger partial charge in [-0.05, 0) is 12.1 Å². The molecule has 0 aromatic carbocycles. The molecule has 0 spiro atoms. The number of furan rings is 1. The van der Waals surface area contributed by atoms with Crippen LogP contribution in [0.4, 0.5) is 0 Å². The van der Waals surface area contributed by atoms with Crippen molar-refractivity contribution in [2.45, 2.75) is 6.54 Å². The minimum Gasteiger partial charge on any atom is -0.467 e. The summed E-state index contributed by atoms with van der Waals surface area (Å²) in [5, 5.41) is 2.61. The van der Waals surface area contributed by atoms with Crippen molar-refractivity contribution in [3.8, 4) is 0 Å². The van der Waals surface area contributed by atoms with Crippen LogP contribution in [0.15, 0.2) is 41.4 Å². The molecule has 0 radical (unpaired) electrons. The number of nitrogens with one attached hydrogen (secondary N) is 1. The molecule has 0 bridgehead atoms. The first-order valence-corrected chi connectivity index (χ1v) is 7.02. The number of rotatable bonds is 7. The number of hydrogen-bond donors (Lipinski definition) is 1. The third-order valence-corrected chi connectivity index (χ3v) is 2.95. The lowest BCUT2D eigenvalue weighted by molar-refractivity contribution is -0.137. The zero-order valence-electron chi connectivity index (χ0n) is 13.0. The van der Waals surface area contributed by atoms with Crippen molar-refractivity contribution in [1.82, 2.24) is 20.2 Å². The molecule has 2 aromatic rings. The fraction of sp³-hybridized carbons (Fsp3) is 0.267. The van der Waals surface area contributed by atoms with Gasteiger partial charge in [-0.2, -0.15) is 0 Å². The largest absolute Gasteiger partial charge is 0.467 e. The molecular weight excluding hydrogens is 316 g/mol. The van der Waals surface area contributed by atoms with Crippen molar-refractivity contribution < 1.29 is 23.5 Å². The minimum atomic E-state index is -0.757. The van der Waals surface area contributed by atoms with Crippen LogP contribution in [0.3, 0.4) is 0 Å². The van der Waals surface area contributed by atoms with Gasteiger partial charge in [0.05, 0.1) is 25.5 Å². The molecule has 0 saturated carbocycles. The Kier molecular flexibility index (Phi) is 6.01. The highest BCUT2D eigenvalue weighted by atomic mass is 16.5. The van der Waals surface area contributed by atoms with Crippen molar-refractivity contribution in [1.29, 1.82) is 0 Å². The van der Waals surface area contributed by atoms with Crippen LogP contribution in [0.25, 0.3) is 0 Å². The van der Waals surface area contributed by atoms with Gasteiger partial charge in [0.15, 0.2) is 12.3 Å². The van der Waals surface area contributed by atoms with E-state index in [1.165, 1.54) is 31.9 Å². The van der Waals surface area contributed by atoms with Gasteiger partial charge in [0.1, 0.15) is 5.76 Å². The van der Waals surface area contributed by atoms with Gasteiger partial charge in [0.25, 0.3) is 5.91 Å². The molecule has 0 aliphatic rings. The maximum atomic E-state index is 11.9. The summed E-state index contributed by atoms with van der Waals surface area (Å²) in [6.45, 7) is -0.421. The molecular formula is C15H16N4O5. The minimum absolute atomic E-state index is 0.00384. The molecule has 24 heavy (non-hydrogen) atoms. The lowest BCUT2D eigenvalue weighted by Gasteiger charge is -2.16. The molecule has 0 saturated heterocycles. The van der Waals surface area contributed by atoms with Gasteiger partial charge < -0.3 is 19.4 Å². The van der Waals surface area contributed by atoms with E-state index in [1.807, 2.05) is 0 Å². The Hall–Kier alpha value is -3.23. The molecule has 9 nitrogen and oxygen atoms in total. The van der Waals surface area contributed by atoms with Crippen LogP contribution < -0.4 is 5.32 Å². The van der Waals surface area contributed by atoms with Gasteiger partial charge >= 0.3 is 5.97 Å². The number of amides is 2. The molecule has 0 atom stereocenters. The molecule has 0 fully saturated rings.